The van der Waals surface area contributed by atoms with Crippen LogP contribution in [0.2, 0.25) is 3.72 Å². The van der Waals surface area contributed by atoms with Crippen LogP contribution < -0.4 is 0 Å². The molecule has 0 bridgehead atoms. The van der Waals surface area contributed by atoms with Gasteiger partial charge in [-0.3, -0.25) is 0 Å². The zero-order valence-electron chi connectivity index (χ0n) is 18.7. The Labute approximate surface area is 162 Å². The molecule has 1 atom stereocenters. The average Bonchev–Trinajstić information content (AvgIpc) is 2.81. The number of hydrogen-bond donors (Lipinski definition) is 0. The Bertz CT molecular complexity index is 468. The minimum atomic E-state index is -2.86. The summed E-state index contributed by atoms with van der Waals surface area (Å²) >= 11 is -2.86. The molecule has 3 nitrogen and oxygen atoms in total. The Kier molecular flexibility index (Phi) is 8.62. The van der Waals surface area contributed by atoms with Crippen molar-refractivity contribution in [3.63, 3.8) is 0 Å². The summed E-state index contributed by atoms with van der Waals surface area (Å²) in [5.41, 5.74) is 4.61. The first-order chi connectivity index (χ1) is 11.8. The third kappa shape index (κ3) is 3.48. The van der Waals surface area contributed by atoms with Crippen LogP contribution in [0.5, 0.6) is 0 Å². The molecule has 0 aliphatic heterocycles. The summed E-state index contributed by atoms with van der Waals surface area (Å²) in [5, 5.41) is 0. The molecule has 0 saturated heterocycles. The average molecular weight is 385 g/mol. The molecule has 0 aromatic rings. The topological polar surface area (TPSA) is 9.72 Å². The third-order valence-electron chi connectivity index (χ3n) is 6.75. The van der Waals surface area contributed by atoms with Crippen LogP contribution in [0.1, 0.15) is 69.2 Å². The van der Waals surface area contributed by atoms with E-state index in [9.17, 15) is 0 Å². The normalized spacial score (nSPS) is 21.9. The van der Waals surface area contributed by atoms with Gasteiger partial charge in [0.15, 0.2) is 0 Å². The van der Waals surface area contributed by atoms with Crippen molar-refractivity contribution in [2.24, 2.45) is 0 Å². The van der Waals surface area contributed by atoms with E-state index in [1.165, 1.54) is 11.1 Å². The van der Waals surface area contributed by atoms with E-state index < -0.39 is 17.4 Å². The van der Waals surface area contributed by atoms with E-state index in [0.29, 0.717) is 0 Å². The second kappa shape index (κ2) is 9.33. The van der Waals surface area contributed by atoms with Crippen LogP contribution in [0.25, 0.3) is 0 Å². The Morgan fingerprint density at radius 2 is 1.04 bits per heavy atom. The van der Waals surface area contributed by atoms with Crippen LogP contribution >= 0.6 is 0 Å². The molecule has 4 heteroatoms. The quantitative estimate of drug-likeness (QED) is 0.467. The van der Waals surface area contributed by atoms with Crippen molar-refractivity contribution < 1.29 is 17.4 Å². The van der Waals surface area contributed by atoms with Gasteiger partial charge in [0.25, 0.3) is 0 Å². The Morgan fingerprint density at radius 3 is 1.24 bits per heavy atom. The first-order valence-electron chi connectivity index (χ1n) is 10.4. The fourth-order valence-electron chi connectivity index (χ4n) is 5.26. The van der Waals surface area contributed by atoms with Gasteiger partial charge in [-0.05, 0) is 0 Å². The van der Waals surface area contributed by atoms with Crippen molar-refractivity contribution in [3.05, 3.63) is 22.8 Å². The van der Waals surface area contributed by atoms with Crippen LogP contribution in [0.3, 0.4) is 0 Å². The Morgan fingerprint density at radius 1 is 0.720 bits per heavy atom. The molecule has 0 amide bonds. The molecule has 0 saturated carbocycles. The summed E-state index contributed by atoms with van der Waals surface area (Å²) in [7, 11) is 0. The van der Waals surface area contributed by atoms with Gasteiger partial charge < -0.3 is 0 Å². The van der Waals surface area contributed by atoms with Crippen LogP contribution in [-0.2, 0) is 17.4 Å². The van der Waals surface area contributed by atoms with E-state index in [-0.39, 0.29) is 3.72 Å². The van der Waals surface area contributed by atoms with Crippen LogP contribution in [0, 0.1) is 0 Å². The molecule has 1 rings (SSSR count). The molecule has 0 spiro atoms. The summed E-state index contributed by atoms with van der Waals surface area (Å²) in [5.74, 6) is 0. The molecule has 1 aliphatic rings. The molecule has 0 fully saturated rings. The van der Waals surface area contributed by atoms with Crippen molar-refractivity contribution >= 4 is 0 Å². The Hall–Kier alpha value is 0.0743. The van der Waals surface area contributed by atoms with Gasteiger partial charge in [0.1, 0.15) is 0 Å². The summed E-state index contributed by atoms with van der Waals surface area (Å²) in [6.45, 7) is 30.6. The summed E-state index contributed by atoms with van der Waals surface area (Å²) < 4.78 is 8.81. The molecule has 0 N–H and O–H groups in total. The van der Waals surface area contributed by atoms with Crippen LogP contribution in [0.15, 0.2) is 22.8 Å². The number of nitrogens with zero attached hydrogens (tertiary/aromatic N) is 3. The molecule has 0 heterocycles. The van der Waals surface area contributed by atoms with Gasteiger partial charge in [-0.15, -0.1) is 0 Å². The maximum absolute atomic E-state index is 2.88. The summed E-state index contributed by atoms with van der Waals surface area (Å²) in [4.78, 5) is 0. The molecule has 25 heavy (non-hydrogen) atoms. The van der Waals surface area contributed by atoms with Gasteiger partial charge in [-0.1, -0.05) is 0 Å². The molecule has 1 aliphatic carbocycles. The van der Waals surface area contributed by atoms with E-state index in [2.05, 4.69) is 85.5 Å². The number of allylic oxidation sites excluding steroid dienone is 4. The van der Waals surface area contributed by atoms with Crippen LogP contribution in [0.4, 0.5) is 0 Å². The van der Waals surface area contributed by atoms with E-state index >= 15 is 0 Å². The molecular weight excluding hydrogens is 342 g/mol. The molecular formula is C21H43N3Ti. The van der Waals surface area contributed by atoms with Crippen molar-refractivity contribution in [2.45, 2.75) is 73.0 Å². The first kappa shape index (κ1) is 23.1. The third-order valence-corrected chi connectivity index (χ3v) is 16.8. The van der Waals surface area contributed by atoms with Gasteiger partial charge >= 0.3 is 163 Å². The summed E-state index contributed by atoms with van der Waals surface area (Å²) in [6.07, 6.45) is 2.63. The molecule has 0 aromatic carbocycles. The second-order valence-corrected chi connectivity index (χ2v) is 14.0. The zero-order chi connectivity index (χ0) is 19.4. The van der Waals surface area contributed by atoms with Crippen molar-refractivity contribution in [1.29, 1.82) is 0 Å². The predicted octanol–water partition coefficient (Wildman–Crippen LogP) is 5.39. The van der Waals surface area contributed by atoms with Crippen molar-refractivity contribution in [1.82, 2.24) is 10.1 Å². The molecule has 146 valence electrons. The monoisotopic (exact) mass is 385 g/mol. The zero-order valence-corrected chi connectivity index (χ0v) is 20.2. The van der Waals surface area contributed by atoms with Gasteiger partial charge in [0.05, 0.1) is 0 Å². The van der Waals surface area contributed by atoms with Crippen LogP contribution in [-0.4, -0.2) is 49.4 Å². The second-order valence-electron chi connectivity index (χ2n) is 7.43. The fourth-order valence-corrected chi connectivity index (χ4v) is 16.1. The van der Waals surface area contributed by atoms with Crippen molar-refractivity contribution in [3.8, 4) is 0 Å². The van der Waals surface area contributed by atoms with E-state index in [1.807, 2.05) is 0 Å². The van der Waals surface area contributed by atoms with Gasteiger partial charge in [0.2, 0.25) is 0 Å². The standard InChI is InChI=1S/C9H13.3C4H10N.Ti/c1-6-5-7(2)9(4)8(6)3;3*1-3-5-4-2;/h5H,1-4H3;3*3-4H2,1-2H3;/q;3*-1;+3. The number of hydrogen-bond acceptors (Lipinski definition) is 3. The molecule has 0 radical (unpaired) electrons. The van der Waals surface area contributed by atoms with Gasteiger partial charge in [-0.25, -0.2) is 0 Å². The maximum atomic E-state index is 2.88. The fraction of sp³-hybridized carbons (Fsp3) is 0.810. The Balaban J connectivity index is 3.88. The predicted molar refractivity (Wildman–Crippen MR) is 109 cm³/mol. The first-order valence-corrected chi connectivity index (χ1v) is 13.3. The van der Waals surface area contributed by atoms with Gasteiger partial charge in [-0.2, -0.15) is 0 Å². The van der Waals surface area contributed by atoms with E-state index in [1.54, 1.807) is 5.57 Å². The number of rotatable bonds is 10. The SMILES string of the molecule is CC[N](CC)[Ti]([N](CC)CC)([N](CC)CC)[C]1(C)C=C(C)C(C)=C1C. The van der Waals surface area contributed by atoms with Crippen molar-refractivity contribution in [2.75, 3.05) is 39.3 Å². The van der Waals surface area contributed by atoms with E-state index in [0.717, 1.165) is 39.3 Å². The van der Waals surface area contributed by atoms with E-state index in [4.69, 9.17) is 0 Å². The summed E-state index contributed by atoms with van der Waals surface area (Å²) in [6, 6.07) is 0. The van der Waals surface area contributed by atoms with Gasteiger partial charge in [0, 0.05) is 0 Å². The molecule has 1 unspecified atom stereocenters. The minimum absolute atomic E-state index is 0.165. The molecule has 0 aromatic heterocycles.